The molecular weight excluding hydrogens is 152 g/mol. The molecule has 0 amide bonds. The summed E-state index contributed by atoms with van der Waals surface area (Å²) in [6.07, 6.45) is 1.76. The highest BCUT2D eigenvalue weighted by atomic mass is 16.6. The predicted octanol–water partition coefficient (Wildman–Crippen LogP) is 1.49. The molecule has 0 unspecified atom stereocenters. The number of fused-ring (bicyclic) bond motifs is 1. The predicted molar refractivity (Wildman–Crippen MR) is 46.6 cm³/mol. The Labute approximate surface area is 69.7 Å². The second-order valence-corrected chi connectivity index (χ2v) is 2.48. The van der Waals surface area contributed by atoms with Crippen LogP contribution in [0.4, 0.5) is 0 Å². The fraction of sp³-hybridized carbons (Fsp3) is 0. The van der Waals surface area contributed by atoms with E-state index in [-0.39, 0.29) is 0 Å². The molecule has 0 bridgehead atoms. The zero-order chi connectivity index (χ0) is 8.39. The summed E-state index contributed by atoms with van der Waals surface area (Å²) in [6.45, 7) is 0. The molecule has 60 valence electrons. The Hall–Kier alpha value is -1.61. The van der Waals surface area contributed by atoms with E-state index in [1.807, 2.05) is 24.3 Å². The topological polar surface area (TPSA) is 48.1 Å². The summed E-state index contributed by atoms with van der Waals surface area (Å²) >= 11 is 0. The van der Waals surface area contributed by atoms with Gasteiger partial charge < -0.3 is 4.84 Å². The number of hydrogen-bond acceptors (Lipinski definition) is 3. The second kappa shape index (κ2) is 2.79. The molecule has 0 saturated carbocycles. The largest absolute Gasteiger partial charge is 0.412 e. The Balaban J connectivity index is 2.67. The minimum Gasteiger partial charge on any atom is -0.412 e. The fourth-order valence-corrected chi connectivity index (χ4v) is 1.13. The molecule has 12 heavy (non-hydrogen) atoms. The standard InChI is InChI=1S/C9H8N2O/c10-12-8-3-4-9-7(6-8)2-1-5-11-9/h1-6H,10H2. The molecule has 0 spiro atoms. The Bertz CT molecular complexity index is 400. The van der Waals surface area contributed by atoms with Crippen LogP contribution < -0.4 is 10.7 Å². The van der Waals surface area contributed by atoms with Crippen molar-refractivity contribution >= 4 is 10.9 Å². The Morgan fingerprint density at radius 1 is 1.25 bits per heavy atom. The van der Waals surface area contributed by atoms with Gasteiger partial charge in [-0.1, -0.05) is 6.07 Å². The average Bonchev–Trinajstić information content (AvgIpc) is 2.17. The zero-order valence-electron chi connectivity index (χ0n) is 6.40. The molecule has 0 aliphatic carbocycles. The van der Waals surface area contributed by atoms with Crippen molar-refractivity contribution in [1.82, 2.24) is 4.98 Å². The third-order valence-corrected chi connectivity index (χ3v) is 1.71. The molecule has 2 N–H and O–H groups in total. The van der Waals surface area contributed by atoms with Crippen molar-refractivity contribution in [3.8, 4) is 5.75 Å². The Morgan fingerprint density at radius 3 is 3.00 bits per heavy atom. The highest BCUT2D eigenvalue weighted by Gasteiger charge is 1.95. The van der Waals surface area contributed by atoms with Gasteiger partial charge in [-0.05, 0) is 24.3 Å². The number of aromatic nitrogens is 1. The Kier molecular flexibility index (Phi) is 1.64. The van der Waals surface area contributed by atoms with E-state index in [4.69, 9.17) is 5.90 Å². The van der Waals surface area contributed by atoms with Crippen LogP contribution in [0.15, 0.2) is 36.5 Å². The van der Waals surface area contributed by atoms with Gasteiger partial charge in [-0.2, -0.15) is 5.90 Å². The number of hydrogen-bond donors (Lipinski definition) is 1. The quantitative estimate of drug-likeness (QED) is 0.643. The normalized spacial score (nSPS) is 10.1. The van der Waals surface area contributed by atoms with Crippen LogP contribution in [0.25, 0.3) is 10.9 Å². The molecular formula is C9H8N2O. The molecule has 3 nitrogen and oxygen atoms in total. The summed E-state index contributed by atoms with van der Waals surface area (Å²) < 4.78 is 0. The first-order chi connectivity index (χ1) is 5.90. The van der Waals surface area contributed by atoms with Crippen molar-refractivity contribution in [3.63, 3.8) is 0 Å². The molecule has 0 radical (unpaired) electrons. The maximum absolute atomic E-state index is 5.02. The smallest absolute Gasteiger partial charge is 0.147 e. The summed E-state index contributed by atoms with van der Waals surface area (Å²) in [5, 5.41) is 1.03. The van der Waals surface area contributed by atoms with Crippen molar-refractivity contribution in [3.05, 3.63) is 36.5 Å². The van der Waals surface area contributed by atoms with Gasteiger partial charge in [0.25, 0.3) is 0 Å². The minimum absolute atomic E-state index is 0.649. The van der Waals surface area contributed by atoms with Crippen molar-refractivity contribution in [2.75, 3.05) is 0 Å². The van der Waals surface area contributed by atoms with Gasteiger partial charge in [0.15, 0.2) is 0 Å². The first-order valence-corrected chi connectivity index (χ1v) is 3.62. The van der Waals surface area contributed by atoms with Crippen molar-refractivity contribution in [1.29, 1.82) is 0 Å². The van der Waals surface area contributed by atoms with Crippen LogP contribution in [0.3, 0.4) is 0 Å². The zero-order valence-corrected chi connectivity index (χ0v) is 6.40. The third kappa shape index (κ3) is 1.10. The molecule has 0 aliphatic heterocycles. The van der Waals surface area contributed by atoms with Gasteiger partial charge in [0.2, 0.25) is 0 Å². The lowest BCUT2D eigenvalue weighted by atomic mass is 10.2. The molecule has 1 heterocycles. The molecule has 2 aromatic rings. The molecule has 1 aromatic carbocycles. The lowest BCUT2D eigenvalue weighted by Crippen LogP contribution is -2.01. The Morgan fingerprint density at radius 2 is 2.17 bits per heavy atom. The van der Waals surface area contributed by atoms with Crippen LogP contribution in [0, 0.1) is 0 Å². The lowest BCUT2D eigenvalue weighted by molar-refractivity contribution is 0.335. The number of pyridine rings is 1. The van der Waals surface area contributed by atoms with E-state index >= 15 is 0 Å². The summed E-state index contributed by atoms with van der Waals surface area (Å²) in [5.41, 5.74) is 0.943. The summed E-state index contributed by atoms with van der Waals surface area (Å²) in [5.74, 6) is 5.67. The summed E-state index contributed by atoms with van der Waals surface area (Å²) in [4.78, 5) is 8.75. The average molecular weight is 160 g/mol. The number of nitrogens with zero attached hydrogens (tertiary/aromatic N) is 1. The van der Waals surface area contributed by atoms with Gasteiger partial charge in [0.1, 0.15) is 5.75 Å². The molecule has 2 rings (SSSR count). The van der Waals surface area contributed by atoms with E-state index in [1.54, 1.807) is 12.3 Å². The first-order valence-electron chi connectivity index (χ1n) is 3.62. The van der Waals surface area contributed by atoms with Crippen molar-refractivity contribution < 1.29 is 4.84 Å². The maximum Gasteiger partial charge on any atom is 0.147 e. The lowest BCUT2D eigenvalue weighted by Gasteiger charge is -1.99. The van der Waals surface area contributed by atoms with E-state index in [0.717, 1.165) is 10.9 Å². The van der Waals surface area contributed by atoms with Crippen LogP contribution in [0.2, 0.25) is 0 Å². The summed E-state index contributed by atoms with van der Waals surface area (Å²) in [6, 6.07) is 9.35. The molecule has 0 saturated heterocycles. The van der Waals surface area contributed by atoms with Gasteiger partial charge >= 0.3 is 0 Å². The number of rotatable bonds is 1. The van der Waals surface area contributed by atoms with Gasteiger partial charge in [-0.15, -0.1) is 0 Å². The van der Waals surface area contributed by atoms with Crippen LogP contribution in [-0.4, -0.2) is 4.98 Å². The fourth-order valence-electron chi connectivity index (χ4n) is 1.13. The van der Waals surface area contributed by atoms with Crippen LogP contribution >= 0.6 is 0 Å². The molecule has 0 aliphatic rings. The van der Waals surface area contributed by atoms with Gasteiger partial charge in [-0.3, -0.25) is 4.98 Å². The van der Waals surface area contributed by atoms with Gasteiger partial charge in [0, 0.05) is 11.6 Å². The first kappa shape index (κ1) is 7.06. The number of benzene rings is 1. The number of nitrogens with two attached hydrogens (primary N) is 1. The van der Waals surface area contributed by atoms with Crippen molar-refractivity contribution in [2.24, 2.45) is 5.90 Å². The minimum atomic E-state index is 0.649. The van der Waals surface area contributed by atoms with Crippen molar-refractivity contribution in [2.45, 2.75) is 0 Å². The van der Waals surface area contributed by atoms with Gasteiger partial charge in [-0.25, -0.2) is 0 Å². The van der Waals surface area contributed by atoms with E-state index in [1.165, 1.54) is 0 Å². The molecule has 0 atom stereocenters. The van der Waals surface area contributed by atoms with E-state index in [9.17, 15) is 0 Å². The van der Waals surface area contributed by atoms with Crippen LogP contribution in [0.1, 0.15) is 0 Å². The highest BCUT2D eigenvalue weighted by molar-refractivity contribution is 5.79. The monoisotopic (exact) mass is 160 g/mol. The van der Waals surface area contributed by atoms with Crippen LogP contribution in [0.5, 0.6) is 5.75 Å². The van der Waals surface area contributed by atoms with E-state index < -0.39 is 0 Å². The van der Waals surface area contributed by atoms with Crippen LogP contribution in [-0.2, 0) is 0 Å². The molecule has 0 fully saturated rings. The highest BCUT2D eigenvalue weighted by Crippen LogP contribution is 2.17. The van der Waals surface area contributed by atoms with Gasteiger partial charge in [0.05, 0.1) is 5.52 Å². The third-order valence-electron chi connectivity index (χ3n) is 1.71. The molecule has 1 aromatic heterocycles. The maximum atomic E-state index is 5.02. The molecule has 3 heteroatoms. The summed E-state index contributed by atoms with van der Waals surface area (Å²) in [7, 11) is 0. The van der Waals surface area contributed by atoms with E-state index in [0.29, 0.717) is 5.75 Å². The SMILES string of the molecule is NOc1ccc2ncccc2c1. The second-order valence-electron chi connectivity index (χ2n) is 2.48. The van der Waals surface area contributed by atoms with E-state index in [2.05, 4.69) is 9.82 Å².